The zero-order valence-corrected chi connectivity index (χ0v) is 12.8. The lowest BCUT2D eigenvalue weighted by molar-refractivity contribution is -0.171. The molecule has 0 spiro atoms. The number of alkyl halides is 1. The molecule has 1 saturated heterocycles. The minimum atomic E-state index is -0.0217. The Balaban J connectivity index is 1.94. The highest BCUT2D eigenvalue weighted by molar-refractivity contribution is 9.09. The van der Waals surface area contributed by atoms with Gasteiger partial charge in [0.1, 0.15) is 0 Å². The van der Waals surface area contributed by atoms with Crippen molar-refractivity contribution in [1.29, 1.82) is 0 Å². The second-order valence-electron chi connectivity index (χ2n) is 6.04. The minimum Gasteiger partial charge on any atom is -0.351 e. The molecule has 0 unspecified atom stereocenters. The van der Waals surface area contributed by atoms with Crippen molar-refractivity contribution < 1.29 is 9.47 Å². The van der Waals surface area contributed by atoms with Crippen LogP contribution in [0.4, 0.5) is 0 Å². The van der Waals surface area contributed by atoms with Gasteiger partial charge in [-0.2, -0.15) is 0 Å². The highest BCUT2D eigenvalue weighted by atomic mass is 79.9. The van der Waals surface area contributed by atoms with Gasteiger partial charge >= 0.3 is 0 Å². The van der Waals surface area contributed by atoms with Crippen LogP contribution in [0, 0.1) is 17.8 Å². The van der Waals surface area contributed by atoms with E-state index >= 15 is 0 Å². The molecule has 0 aromatic carbocycles. The molecule has 2 rings (SSSR count). The van der Waals surface area contributed by atoms with Crippen LogP contribution in [0.3, 0.4) is 0 Å². The van der Waals surface area contributed by atoms with Crippen LogP contribution >= 0.6 is 15.9 Å². The SMILES string of the molecule is CC(C)[C@H]1CC[C@H](C)C[C@@H]1O[C@@H]1OCC[C@H]1Br. The minimum absolute atomic E-state index is 0.0217. The van der Waals surface area contributed by atoms with Crippen LogP contribution in [0.1, 0.15) is 46.5 Å². The van der Waals surface area contributed by atoms with Gasteiger partial charge in [-0.25, -0.2) is 0 Å². The Hall–Kier alpha value is 0.400. The zero-order chi connectivity index (χ0) is 12.4. The average Bonchev–Trinajstić information content (AvgIpc) is 2.64. The Bertz CT molecular complexity index is 244. The van der Waals surface area contributed by atoms with Crippen molar-refractivity contribution in [2.45, 2.75) is 63.7 Å². The van der Waals surface area contributed by atoms with Crippen molar-refractivity contribution in [3.8, 4) is 0 Å². The summed E-state index contributed by atoms with van der Waals surface area (Å²) in [6.45, 7) is 7.81. The van der Waals surface area contributed by atoms with Gasteiger partial charge in [-0.3, -0.25) is 0 Å². The molecule has 0 amide bonds. The van der Waals surface area contributed by atoms with Gasteiger partial charge in [-0.1, -0.05) is 43.1 Å². The highest BCUT2D eigenvalue weighted by Crippen LogP contribution is 2.37. The maximum Gasteiger partial charge on any atom is 0.170 e. The highest BCUT2D eigenvalue weighted by Gasteiger charge is 2.36. The molecule has 5 atom stereocenters. The van der Waals surface area contributed by atoms with E-state index in [2.05, 4.69) is 36.7 Å². The van der Waals surface area contributed by atoms with Crippen molar-refractivity contribution >= 4 is 15.9 Å². The van der Waals surface area contributed by atoms with Gasteiger partial charge in [-0.05, 0) is 37.0 Å². The summed E-state index contributed by atoms with van der Waals surface area (Å²) in [5.74, 6) is 2.21. The van der Waals surface area contributed by atoms with Crippen LogP contribution in [0.15, 0.2) is 0 Å². The molecule has 0 bridgehead atoms. The van der Waals surface area contributed by atoms with Gasteiger partial charge in [0.2, 0.25) is 0 Å². The molecule has 1 heterocycles. The number of hydrogen-bond donors (Lipinski definition) is 0. The molecule has 1 saturated carbocycles. The van der Waals surface area contributed by atoms with E-state index in [4.69, 9.17) is 9.47 Å². The molecule has 17 heavy (non-hydrogen) atoms. The second kappa shape index (κ2) is 6.03. The summed E-state index contributed by atoms with van der Waals surface area (Å²) in [5.41, 5.74) is 0. The van der Waals surface area contributed by atoms with Crippen LogP contribution in [-0.4, -0.2) is 23.8 Å². The maximum absolute atomic E-state index is 6.24. The first kappa shape index (κ1) is 13.8. The van der Waals surface area contributed by atoms with E-state index in [0.29, 0.717) is 22.8 Å². The number of halogens is 1. The van der Waals surface area contributed by atoms with Crippen LogP contribution in [0.5, 0.6) is 0 Å². The summed E-state index contributed by atoms with van der Waals surface area (Å²) in [6, 6.07) is 0. The molecule has 0 aromatic rings. The second-order valence-corrected chi connectivity index (χ2v) is 7.22. The monoisotopic (exact) mass is 304 g/mol. The van der Waals surface area contributed by atoms with Crippen molar-refractivity contribution in [1.82, 2.24) is 0 Å². The van der Waals surface area contributed by atoms with Crippen molar-refractivity contribution in [2.24, 2.45) is 17.8 Å². The lowest BCUT2D eigenvalue weighted by Crippen LogP contribution is -2.38. The van der Waals surface area contributed by atoms with Gasteiger partial charge in [0.05, 0.1) is 17.5 Å². The number of hydrogen-bond acceptors (Lipinski definition) is 2. The topological polar surface area (TPSA) is 18.5 Å². The van der Waals surface area contributed by atoms with Crippen LogP contribution in [0.2, 0.25) is 0 Å². The third kappa shape index (κ3) is 3.45. The molecule has 0 N–H and O–H groups in total. The van der Waals surface area contributed by atoms with E-state index in [1.165, 1.54) is 19.3 Å². The molecule has 1 aliphatic carbocycles. The van der Waals surface area contributed by atoms with Crippen LogP contribution in [0.25, 0.3) is 0 Å². The van der Waals surface area contributed by atoms with E-state index in [9.17, 15) is 0 Å². The molecule has 100 valence electrons. The molecule has 2 aliphatic rings. The molecule has 1 aliphatic heterocycles. The summed E-state index contributed by atoms with van der Waals surface area (Å²) in [7, 11) is 0. The largest absolute Gasteiger partial charge is 0.351 e. The van der Waals surface area contributed by atoms with Crippen molar-refractivity contribution in [3.05, 3.63) is 0 Å². The van der Waals surface area contributed by atoms with Gasteiger partial charge in [0.15, 0.2) is 6.29 Å². The van der Waals surface area contributed by atoms with Crippen LogP contribution in [-0.2, 0) is 9.47 Å². The van der Waals surface area contributed by atoms with Gasteiger partial charge in [-0.15, -0.1) is 0 Å². The predicted molar refractivity (Wildman–Crippen MR) is 73.3 cm³/mol. The Morgan fingerprint density at radius 1 is 1.24 bits per heavy atom. The van der Waals surface area contributed by atoms with E-state index in [0.717, 1.165) is 18.9 Å². The van der Waals surface area contributed by atoms with Gasteiger partial charge in [0, 0.05) is 0 Å². The first-order valence-corrected chi connectivity index (χ1v) is 7.90. The Morgan fingerprint density at radius 3 is 2.59 bits per heavy atom. The predicted octanol–water partition coefficient (Wildman–Crippen LogP) is 3.97. The summed E-state index contributed by atoms with van der Waals surface area (Å²) in [6.07, 6.45) is 5.30. The van der Waals surface area contributed by atoms with E-state index in [1.807, 2.05) is 0 Å². The number of ether oxygens (including phenoxy) is 2. The third-order valence-corrected chi connectivity index (χ3v) is 5.13. The molecular formula is C14H25BrO2. The molecule has 2 nitrogen and oxygen atoms in total. The lowest BCUT2D eigenvalue weighted by Gasteiger charge is -2.38. The maximum atomic E-state index is 6.24. The summed E-state index contributed by atoms with van der Waals surface area (Å²) in [4.78, 5) is 0.382. The molecule has 0 aromatic heterocycles. The van der Waals surface area contributed by atoms with Crippen molar-refractivity contribution in [3.63, 3.8) is 0 Å². The van der Waals surface area contributed by atoms with Gasteiger partial charge in [0.25, 0.3) is 0 Å². The quantitative estimate of drug-likeness (QED) is 0.734. The number of rotatable bonds is 3. The fourth-order valence-electron chi connectivity index (χ4n) is 3.11. The van der Waals surface area contributed by atoms with Crippen molar-refractivity contribution in [2.75, 3.05) is 6.61 Å². The standard InChI is InChI=1S/C14H25BrO2/c1-9(2)11-5-4-10(3)8-13(11)17-14-12(15)6-7-16-14/h9-14H,4-8H2,1-3H3/t10-,11+,12+,13-,14-/m0/s1. The smallest absolute Gasteiger partial charge is 0.170 e. The van der Waals surface area contributed by atoms with E-state index in [1.54, 1.807) is 0 Å². The normalized spacial score (nSPS) is 43.2. The molecular weight excluding hydrogens is 280 g/mol. The molecule has 0 radical (unpaired) electrons. The zero-order valence-electron chi connectivity index (χ0n) is 11.2. The summed E-state index contributed by atoms with van der Waals surface area (Å²) in [5, 5.41) is 0. The Labute approximate surface area is 114 Å². The first-order chi connectivity index (χ1) is 8.08. The van der Waals surface area contributed by atoms with Crippen LogP contribution < -0.4 is 0 Å². The molecule has 3 heteroatoms. The van der Waals surface area contributed by atoms with Gasteiger partial charge < -0.3 is 9.47 Å². The summed E-state index contributed by atoms with van der Waals surface area (Å²) >= 11 is 3.65. The molecule has 2 fully saturated rings. The Kier molecular flexibility index (Phi) is 4.90. The average molecular weight is 305 g/mol. The van der Waals surface area contributed by atoms with E-state index < -0.39 is 0 Å². The first-order valence-electron chi connectivity index (χ1n) is 6.99. The fraction of sp³-hybridized carbons (Fsp3) is 1.00. The summed E-state index contributed by atoms with van der Waals surface area (Å²) < 4.78 is 11.9. The fourth-order valence-corrected chi connectivity index (χ4v) is 3.57. The lowest BCUT2D eigenvalue weighted by atomic mass is 9.75. The third-order valence-electron chi connectivity index (χ3n) is 4.24. The Morgan fingerprint density at radius 2 is 2.00 bits per heavy atom. The van der Waals surface area contributed by atoms with E-state index in [-0.39, 0.29) is 6.29 Å².